The van der Waals surface area contributed by atoms with Gasteiger partial charge in [0, 0.05) is 19.6 Å². The molecule has 0 aliphatic carbocycles. The third kappa shape index (κ3) is 6.47. The smallest absolute Gasteiger partial charge is 0.246 e. The zero-order valence-electron chi connectivity index (χ0n) is 19.7. The van der Waals surface area contributed by atoms with Crippen LogP contribution in [0, 0.1) is 5.41 Å². The molecule has 2 aromatic rings. The van der Waals surface area contributed by atoms with Crippen molar-refractivity contribution in [1.82, 2.24) is 15.1 Å². The van der Waals surface area contributed by atoms with Crippen molar-refractivity contribution in [2.75, 3.05) is 6.54 Å². The van der Waals surface area contributed by atoms with Gasteiger partial charge in [-0.05, 0) is 29.4 Å². The van der Waals surface area contributed by atoms with Gasteiger partial charge in [0.15, 0.2) is 5.81 Å². The first-order valence-corrected chi connectivity index (χ1v) is 11.4. The van der Waals surface area contributed by atoms with Crippen LogP contribution in [0.3, 0.4) is 0 Å². The highest BCUT2D eigenvalue weighted by Gasteiger charge is 2.42. The van der Waals surface area contributed by atoms with Crippen molar-refractivity contribution in [2.24, 2.45) is 5.41 Å². The van der Waals surface area contributed by atoms with E-state index in [1.54, 1.807) is 4.90 Å². The molecule has 1 fully saturated rings. The molecule has 2 atom stereocenters. The number of rotatable bonds is 7. The lowest BCUT2D eigenvalue weighted by atomic mass is 9.85. The molecule has 1 heterocycles. The van der Waals surface area contributed by atoms with Gasteiger partial charge < -0.3 is 15.1 Å². The Hall–Kier alpha value is -3.09. The van der Waals surface area contributed by atoms with Crippen LogP contribution in [-0.4, -0.2) is 53.9 Å². The van der Waals surface area contributed by atoms with Gasteiger partial charge in [-0.15, -0.1) is 0 Å². The van der Waals surface area contributed by atoms with Gasteiger partial charge >= 0.3 is 0 Å². The minimum atomic E-state index is -0.805. The quantitative estimate of drug-likeness (QED) is 0.664. The summed E-state index contributed by atoms with van der Waals surface area (Å²) >= 11 is 0. The van der Waals surface area contributed by atoms with Crippen LogP contribution < -0.4 is 5.32 Å². The highest BCUT2D eigenvalue weighted by atomic mass is 16.2. The van der Waals surface area contributed by atoms with Crippen LogP contribution in [0.4, 0.5) is 4.79 Å². The van der Waals surface area contributed by atoms with Crippen LogP contribution in [0.15, 0.2) is 60.7 Å². The van der Waals surface area contributed by atoms with Crippen molar-refractivity contribution >= 4 is 25.5 Å². The minimum Gasteiger partial charge on any atom is -0.354 e. The van der Waals surface area contributed by atoms with Gasteiger partial charge in [0.1, 0.15) is 12.1 Å². The number of hydrogen-bond donors (Lipinski definition) is 1. The van der Waals surface area contributed by atoms with Crippen LogP contribution in [0.2, 0.25) is 0 Å². The summed E-state index contributed by atoms with van der Waals surface area (Å²) in [6, 6.07) is 18.3. The van der Waals surface area contributed by atoms with Crippen molar-refractivity contribution in [1.29, 1.82) is 0 Å². The summed E-state index contributed by atoms with van der Waals surface area (Å²) in [5.74, 6) is -1.10. The van der Waals surface area contributed by atoms with E-state index in [4.69, 9.17) is 7.85 Å². The monoisotopic (exact) mass is 445 g/mol. The second-order valence-electron chi connectivity index (χ2n) is 9.66. The first-order valence-electron chi connectivity index (χ1n) is 11.4. The lowest BCUT2D eigenvalue weighted by Gasteiger charge is -2.36. The van der Waals surface area contributed by atoms with E-state index in [0.29, 0.717) is 26.1 Å². The van der Waals surface area contributed by atoms with Gasteiger partial charge in [0.25, 0.3) is 0 Å². The largest absolute Gasteiger partial charge is 0.354 e. The highest BCUT2D eigenvalue weighted by Crippen LogP contribution is 2.27. The topological polar surface area (TPSA) is 69.7 Å². The van der Waals surface area contributed by atoms with E-state index in [-0.39, 0.29) is 11.8 Å². The van der Waals surface area contributed by atoms with Gasteiger partial charge in [-0.2, -0.15) is 0 Å². The molecule has 1 aliphatic heterocycles. The van der Waals surface area contributed by atoms with Gasteiger partial charge in [-0.1, -0.05) is 81.4 Å². The number of amides is 3. The molecule has 2 aromatic carbocycles. The van der Waals surface area contributed by atoms with E-state index >= 15 is 0 Å². The molecule has 6 nitrogen and oxygen atoms in total. The van der Waals surface area contributed by atoms with E-state index in [0.717, 1.165) is 17.5 Å². The van der Waals surface area contributed by atoms with E-state index in [1.807, 2.05) is 86.3 Å². The molecule has 0 bridgehead atoms. The summed E-state index contributed by atoms with van der Waals surface area (Å²) in [7, 11) is 5.35. The molecule has 1 saturated heterocycles. The SMILES string of the molecule is [B]C(=O)NC(C(=O)N1CCCC1C(=O)N(Cc1ccccc1)Cc1ccccc1)C(C)(C)C. The Labute approximate surface area is 197 Å². The van der Waals surface area contributed by atoms with E-state index in [1.165, 1.54) is 0 Å². The maximum atomic E-state index is 13.8. The average molecular weight is 445 g/mol. The zero-order chi connectivity index (χ0) is 24.0. The summed E-state index contributed by atoms with van der Waals surface area (Å²) in [5, 5.41) is 2.59. The summed E-state index contributed by atoms with van der Waals surface area (Å²) in [5.41, 5.74) is 1.51. The van der Waals surface area contributed by atoms with Crippen molar-refractivity contribution in [3.8, 4) is 0 Å². The lowest BCUT2D eigenvalue weighted by molar-refractivity contribution is -0.146. The summed E-state index contributed by atoms with van der Waals surface area (Å²) < 4.78 is 0. The van der Waals surface area contributed by atoms with Gasteiger partial charge in [-0.25, -0.2) is 0 Å². The molecule has 7 heteroatoms. The Morgan fingerprint density at radius 1 is 1.00 bits per heavy atom. The molecule has 2 radical (unpaired) electrons. The fourth-order valence-electron chi connectivity index (χ4n) is 4.27. The van der Waals surface area contributed by atoms with Gasteiger partial charge in [0.2, 0.25) is 19.7 Å². The van der Waals surface area contributed by atoms with Crippen LogP contribution in [-0.2, 0) is 22.7 Å². The molecule has 172 valence electrons. The predicted octanol–water partition coefficient (Wildman–Crippen LogP) is 3.50. The number of nitrogens with one attached hydrogen (secondary N) is 1. The molecule has 0 aromatic heterocycles. The zero-order valence-corrected chi connectivity index (χ0v) is 19.7. The molecule has 0 saturated carbocycles. The van der Waals surface area contributed by atoms with Crippen LogP contribution >= 0.6 is 0 Å². The Morgan fingerprint density at radius 2 is 1.52 bits per heavy atom. The maximum absolute atomic E-state index is 13.8. The minimum absolute atomic E-state index is 0.0831. The Bertz CT molecular complexity index is 918. The lowest BCUT2D eigenvalue weighted by Crippen LogP contribution is -2.57. The number of nitrogens with zero attached hydrogens (tertiary/aromatic N) is 2. The number of carbonyl (C=O) groups excluding carboxylic acids is 3. The molecule has 3 rings (SSSR count). The van der Waals surface area contributed by atoms with Crippen molar-refractivity contribution in [2.45, 2.75) is 58.8 Å². The van der Waals surface area contributed by atoms with Crippen molar-refractivity contribution in [3.05, 3.63) is 71.8 Å². The Balaban J connectivity index is 1.85. The first-order chi connectivity index (χ1) is 15.7. The molecular weight excluding hydrogens is 413 g/mol. The number of benzene rings is 2. The van der Waals surface area contributed by atoms with Gasteiger partial charge in [0.05, 0.1) is 0 Å². The molecule has 2 unspecified atom stereocenters. The molecular formula is C26H32BN3O3. The molecule has 33 heavy (non-hydrogen) atoms. The Kier molecular flexibility index (Phi) is 7.95. The standard InChI is InChI=1S/C26H32BN3O3/c1-26(2,3)22(28-25(27)33)24(32)30-16-10-15-21(30)23(31)29(17-19-11-6-4-7-12-19)18-20-13-8-5-9-14-20/h4-9,11-14,21-22H,10,15-18H2,1-3H3,(H,28,33). The van der Waals surface area contributed by atoms with E-state index in [2.05, 4.69) is 5.32 Å². The molecule has 1 aliphatic rings. The van der Waals surface area contributed by atoms with Crippen LogP contribution in [0.5, 0.6) is 0 Å². The highest BCUT2D eigenvalue weighted by molar-refractivity contribution is 6.57. The average Bonchev–Trinajstić information content (AvgIpc) is 3.26. The fourth-order valence-corrected chi connectivity index (χ4v) is 4.27. The van der Waals surface area contributed by atoms with E-state index in [9.17, 15) is 14.4 Å². The fraction of sp³-hybridized carbons (Fsp3) is 0.423. The van der Waals surface area contributed by atoms with Crippen molar-refractivity contribution < 1.29 is 14.4 Å². The third-order valence-corrected chi connectivity index (χ3v) is 5.96. The second kappa shape index (κ2) is 10.7. The van der Waals surface area contributed by atoms with Crippen LogP contribution in [0.25, 0.3) is 0 Å². The maximum Gasteiger partial charge on any atom is 0.246 e. The number of likely N-dealkylation sites (tertiary alicyclic amines) is 1. The van der Waals surface area contributed by atoms with Crippen molar-refractivity contribution in [3.63, 3.8) is 0 Å². The summed E-state index contributed by atoms with van der Waals surface area (Å²) in [6.07, 6.45) is 1.33. The number of hydrogen-bond acceptors (Lipinski definition) is 3. The molecule has 3 amide bonds. The molecule has 1 N–H and O–H groups in total. The Morgan fingerprint density at radius 3 is 1.97 bits per heavy atom. The van der Waals surface area contributed by atoms with Crippen LogP contribution in [0.1, 0.15) is 44.7 Å². The normalized spacial score (nSPS) is 16.8. The predicted molar refractivity (Wildman–Crippen MR) is 129 cm³/mol. The second-order valence-corrected chi connectivity index (χ2v) is 9.66. The summed E-state index contributed by atoms with van der Waals surface area (Å²) in [4.78, 5) is 42.3. The molecule has 0 spiro atoms. The number of carbonyl (C=O) groups is 3. The first kappa shape index (κ1) is 24.6. The third-order valence-electron chi connectivity index (χ3n) is 5.96. The summed E-state index contributed by atoms with van der Waals surface area (Å²) in [6.45, 7) is 7.00. The van der Waals surface area contributed by atoms with Gasteiger partial charge in [-0.3, -0.25) is 14.4 Å². The van der Waals surface area contributed by atoms with E-state index < -0.39 is 23.3 Å².